The molecule has 0 radical (unpaired) electrons. The van der Waals surface area contributed by atoms with Crippen LogP contribution in [0.5, 0.6) is 5.75 Å². The van der Waals surface area contributed by atoms with E-state index >= 15 is 0 Å². The van der Waals surface area contributed by atoms with Crippen LogP contribution >= 0.6 is 22.6 Å². The van der Waals surface area contributed by atoms with E-state index in [9.17, 15) is 4.79 Å². The molecule has 0 saturated carbocycles. The van der Waals surface area contributed by atoms with Crippen LogP contribution in [0, 0.1) is 0 Å². The molecule has 1 atom stereocenters. The second-order valence-corrected chi connectivity index (χ2v) is 4.93. The lowest BCUT2D eigenvalue weighted by Gasteiger charge is -2.07. The van der Waals surface area contributed by atoms with Gasteiger partial charge in [0.1, 0.15) is 5.75 Å². The van der Waals surface area contributed by atoms with Crippen LogP contribution in [-0.2, 0) is 4.79 Å². The number of benzene rings is 1. The predicted octanol–water partition coefficient (Wildman–Crippen LogP) is 2.85. The fourth-order valence-corrected chi connectivity index (χ4v) is 1.20. The van der Waals surface area contributed by atoms with Crippen molar-refractivity contribution in [3.8, 4) is 5.75 Å². The lowest BCUT2D eigenvalue weighted by molar-refractivity contribution is -0.115. The molecule has 1 aromatic carbocycles. The van der Waals surface area contributed by atoms with Gasteiger partial charge >= 0.3 is 0 Å². The van der Waals surface area contributed by atoms with Crippen molar-refractivity contribution in [2.24, 2.45) is 0 Å². The fourth-order valence-electron chi connectivity index (χ4n) is 1.04. The Hall–Kier alpha value is -0.780. The minimum absolute atomic E-state index is 0.0137. The summed E-state index contributed by atoms with van der Waals surface area (Å²) in [6.45, 7) is 4.44. The monoisotopic (exact) mass is 319 g/mol. The fraction of sp³-hybridized carbons (Fsp3) is 0.364. The van der Waals surface area contributed by atoms with E-state index in [0.29, 0.717) is 6.61 Å². The van der Waals surface area contributed by atoms with Gasteiger partial charge in [0.15, 0.2) is 0 Å². The van der Waals surface area contributed by atoms with Crippen molar-refractivity contribution in [3.05, 3.63) is 24.3 Å². The second kappa shape index (κ2) is 5.95. The molecule has 0 aromatic heterocycles. The maximum Gasteiger partial charge on any atom is 0.237 e. The number of anilines is 1. The van der Waals surface area contributed by atoms with E-state index in [1.54, 1.807) is 0 Å². The van der Waals surface area contributed by atoms with E-state index in [4.69, 9.17) is 4.74 Å². The number of alkyl halides is 1. The third-order valence-electron chi connectivity index (χ3n) is 1.79. The van der Waals surface area contributed by atoms with Crippen LogP contribution in [0.4, 0.5) is 5.69 Å². The summed E-state index contributed by atoms with van der Waals surface area (Å²) in [5, 5.41) is 2.81. The average molecular weight is 319 g/mol. The van der Waals surface area contributed by atoms with E-state index in [1.165, 1.54) is 0 Å². The van der Waals surface area contributed by atoms with Gasteiger partial charge in [0.25, 0.3) is 0 Å². The highest BCUT2D eigenvalue weighted by atomic mass is 127. The zero-order valence-corrected chi connectivity index (χ0v) is 10.9. The van der Waals surface area contributed by atoms with Gasteiger partial charge in [-0.1, -0.05) is 22.6 Å². The van der Waals surface area contributed by atoms with Crippen molar-refractivity contribution in [1.29, 1.82) is 0 Å². The normalized spacial score (nSPS) is 11.9. The van der Waals surface area contributed by atoms with Crippen LogP contribution in [0.25, 0.3) is 0 Å². The Morgan fingerprint density at radius 3 is 2.53 bits per heavy atom. The molecular formula is C11H14INO2. The predicted molar refractivity (Wildman–Crippen MR) is 69.7 cm³/mol. The zero-order chi connectivity index (χ0) is 11.3. The van der Waals surface area contributed by atoms with Crippen molar-refractivity contribution in [2.75, 3.05) is 11.9 Å². The zero-order valence-electron chi connectivity index (χ0n) is 8.79. The summed E-state index contributed by atoms with van der Waals surface area (Å²) in [5.41, 5.74) is 0.798. The van der Waals surface area contributed by atoms with E-state index in [1.807, 2.05) is 38.1 Å². The van der Waals surface area contributed by atoms with Gasteiger partial charge in [-0.2, -0.15) is 0 Å². The Bertz CT molecular complexity index is 322. The molecule has 0 saturated heterocycles. The largest absolute Gasteiger partial charge is 0.494 e. The summed E-state index contributed by atoms with van der Waals surface area (Å²) in [6, 6.07) is 7.36. The first-order valence-corrected chi connectivity index (χ1v) is 6.06. The number of hydrogen-bond donors (Lipinski definition) is 1. The van der Waals surface area contributed by atoms with Crippen LogP contribution in [0.15, 0.2) is 24.3 Å². The number of rotatable bonds is 4. The van der Waals surface area contributed by atoms with Crippen molar-refractivity contribution in [3.63, 3.8) is 0 Å². The lowest BCUT2D eigenvalue weighted by Crippen LogP contribution is -2.19. The molecule has 1 N–H and O–H groups in total. The number of amides is 1. The van der Waals surface area contributed by atoms with Gasteiger partial charge in [-0.3, -0.25) is 4.79 Å². The van der Waals surface area contributed by atoms with Gasteiger partial charge in [-0.15, -0.1) is 0 Å². The molecule has 82 valence electrons. The smallest absolute Gasteiger partial charge is 0.237 e. The Morgan fingerprint density at radius 1 is 1.47 bits per heavy atom. The lowest BCUT2D eigenvalue weighted by atomic mass is 10.3. The van der Waals surface area contributed by atoms with E-state index in [2.05, 4.69) is 27.9 Å². The first-order chi connectivity index (χ1) is 7.13. The number of nitrogens with one attached hydrogen (secondary N) is 1. The molecule has 0 aliphatic heterocycles. The van der Waals surface area contributed by atoms with E-state index in [0.717, 1.165) is 11.4 Å². The third kappa shape index (κ3) is 4.07. The number of carbonyl (C=O) groups is 1. The molecule has 1 amide bonds. The number of hydrogen-bond acceptors (Lipinski definition) is 2. The van der Waals surface area contributed by atoms with Gasteiger partial charge in [0.2, 0.25) is 5.91 Å². The molecule has 1 aromatic rings. The third-order valence-corrected chi connectivity index (χ3v) is 2.36. The molecule has 0 unspecified atom stereocenters. The maximum absolute atomic E-state index is 11.4. The molecule has 0 bridgehead atoms. The summed E-state index contributed by atoms with van der Waals surface area (Å²) in [6.07, 6.45) is 0. The first kappa shape index (κ1) is 12.3. The number of carbonyl (C=O) groups excluding carboxylic acids is 1. The number of ether oxygens (including phenoxy) is 1. The van der Waals surface area contributed by atoms with Crippen molar-refractivity contribution in [1.82, 2.24) is 0 Å². The highest BCUT2D eigenvalue weighted by molar-refractivity contribution is 14.1. The molecule has 0 heterocycles. The Morgan fingerprint density at radius 2 is 2.07 bits per heavy atom. The summed E-state index contributed by atoms with van der Waals surface area (Å²) in [4.78, 5) is 11.4. The Balaban J connectivity index is 2.60. The molecule has 4 heteroatoms. The topological polar surface area (TPSA) is 38.3 Å². The van der Waals surface area contributed by atoms with Gasteiger partial charge < -0.3 is 10.1 Å². The highest BCUT2D eigenvalue weighted by Gasteiger charge is 2.07. The first-order valence-electron chi connectivity index (χ1n) is 4.81. The molecule has 15 heavy (non-hydrogen) atoms. The summed E-state index contributed by atoms with van der Waals surface area (Å²) in [5.74, 6) is 0.831. The standard InChI is InChI=1S/C11H14INO2/c1-3-15-10-6-4-9(5-7-10)13-11(14)8(2)12/h4-8H,3H2,1-2H3,(H,13,14)/t8-/m0/s1. The molecule has 3 nitrogen and oxygen atoms in total. The van der Waals surface area contributed by atoms with Crippen LogP contribution in [0.2, 0.25) is 0 Å². The molecule has 0 spiro atoms. The van der Waals surface area contributed by atoms with Crippen LogP contribution in [0.1, 0.15) is 13.8 Å². The minimum Gasteiger partial charge on any atom is -0.494 e. The van der Waals surface area contributed by atoms with Crippen LogP contribution < -0.4 is 10.1 Å². The van der Waals surface area contributed by atoms with E-state index < -0.39 is 0 Å². The molecule has 1 rings (SSSR count). The molecule has 0 aliphatic rings. The average Bonchev–Trinajstić information content (AvgIpc) is 2.21. The summed E-state index contributed by atoms with van der Waals surface area (Å²) in [7, 11) is 0. The van der Waals surface area contributed by atoms with Gasteiger partial charge in [0, 0.05) is 5.69 Å². The van der Waals surface area contributed by atoms with E-state index in [-0.39, 0.29) is 9.83 Å². The van der Waals surface area contributed by atoms with Crippen LogP contribution in [0.3, 0.4) is 0 Å². The Labute approximate surface area is 103 Å². The summed E-state index contributed by atoms with van der Waals surface area (Å²) < 4.78 is 5.27. The number of halogens is 1. The van der Waals surface area contributed by atoms with Crippen LogP contribution in [-0.4, -0.2) is 16.4 Å². The molecule has 0 aliphatic carbocycles. The Kier molecular flexibility index (Phi) is 4.87. The van der Waals surface area contributed by atoms with Crippen molar-refractivity contribution >= 4 is 34.2 Å². The molecular weight excluding hydrogens is 305 g/mol. The van der Waals surface area contributed by atoms with Gasteiger partial charge in [-0.25, -0.2) is 0 Å². The van der Waals surface area contributed by atoms with Crippen molar-refractivity contribution < 1.29 is 9.53 Å². The highest BCUT2D eigenvalue weighted by Crippen LogP contribution is 2.16. The second-order valence-electron chi connectivity index (χ2n) is 3.06. The van der Waals surface area contributed by atoms with Crippen molar-refractivity contribution in [2.45, 2.75) is 17.8 Å². The molecule has 0 fully saturated rings. The van der Waals surface area contributed by atoms with Gasteiger partial charge in [0.05, 0.1) is 10.5 Å². The summed E-state index contributed by atoms with van der Waals surface area (Å²) >= 11 is 2.08. The van der Waals surface area contributed by atoms with Gasteiger partial charge in [-0.05, 0) is 38.1 Å². The minimum atomic E-state index is -0.0332. The SMILES string of the molecule is CCOc1ccc(NC(=O)[C@H](C)I)cc1. The quantitative estimate of drug-likeness (QED) is 0.685. The maximum atomic E-state index is 11.4.